The number of aromatic hydroxyl groups is 1. The molecule has 1 heterocycles. The predicted octanol–water partition coefficient (Wildman–Crippen LogP) is 4.44. The van der Waals surface area contributed by atoms with Gasteiger partial charge in [0.1, 0.15) is 16.5 Å². The van der Waals surface area contributed by atoms with Gasteiger partial charge in [0.15, 0.2) is 0 Å². The predicted molar refractivity (Wildman–Crippen MR) is 81.0 cm³/mol. The first-order valence-corrected chi connectivity index (χ1v) is 7.22. The summed E-state index contributed by atoms with van der Waals surface area (Å²) in [5.74, 6) is 1.04. The topological polar surface area (TPSA) is 42.4 Å². The molecule has 0 bridgehead atoms. The molecule has 3 rings (SSSR count). The summed E-state index contributed by atoms with van der Waals surface area (Å²) in [6.07, 6.45) is 0. The Morgan fingerprint density at radius 3 is 2.84 bits per heavy atom. The Bertz CT molecular complexity index is 754. The van der Waals surface area contributed by atoms with E-state index in [0.29, 0.717) is 0 Å². The lowest BCUT2D eigenvalue weighted by molar-refractivity contribution is 0.415. The van der Waals surface area contributed by atoms with E-state index >= 15 is 0 Å². The molecule has 0 amide bonds. The second kappa shape index (κ2) is 4.83. The molecule has 0 atom stereocenters. The smallest absolute Gasteiger partial charge is 0.128 e. The Morgan fingerprint density at radius 1 is 1.21 bits per heavy atom. The van der Waals surface area contributed by atoms with Gasteiger partial charge in [-0.25, -0.2) is 4.98 Å². The van der Waals surface area contributed by atoms with Crippen LogP contribution in [0.3, 0.4) is 0 Å². The minimum absolute atomic E-state index is 0.231. The molecule has 0 unspecified atom stereocenters. The van der Waals surface area contributed by atoms with Crippen molar-refractivity contribution in [3.8, 4) is 22.1 Å². The number of thiazole rings is 1. The van der Waals surface area contributed by atoms with Gasteiger partial charge in [0.05, 0.1) is 22.9 Å². The lowest BCUT2D eigenvalue weighted by atomic mass is 10.2. The van der Waals surface area contributed by atoms with Gasteiger partial charge in [-0.3, -0.25) is 0 Å². The lowest BCUT2D eigenvalue weighted by Gasteiger charge is -2.00. The second-order valence-corrected chi connectivity index (χ2v) is 5.96. The van der Waals surface area contributed by atoms with Crippen LogP contribution >= 0.6 is 27.3 Å². The van der Waals surface area contributed by atoms with E-state index in [0.717, 1.165) is 31.0 Å². The zero-order valence-corrected chi connectivity index (χ0v) is 12.5. The maximum atomic E-state index is 9.94. The Morgan fingerprint density at radius 2 is 2.05 bits per heavy atom. The van der Waals surface area contributed by atoms with Crippen molar-refractivity contribution in [2.75, 3.05) is 7.11 Å². The van der Waals surface area contributed by atoms with E-state index in [2.05, 4.69) is 20.9 Å². The fourth-order valence-electron chi connectivity index (χ4n) is 1.83. The molecule has 2 aromatic carbocycles. The first kappa shape index (κ1) is 12.4. The van der Waals surface area contributed by atoms with Crippen LogP contribution in [0.15, 0.2) is 40.9 Å². The number of nitrogens with zero attached hydrogens (tertiary/aromatic N) is 1. The molecule has 0 aliphatic rings. The molecule has 1 aromatic heterocycles. The molecule has 0 saturated heterocycles. The molecule has 1 N–H and O–H groups in total. The van der Waals surface area contributed by atoms with Crippen molar-refractivity contribution in [3.05, 3.63) is 40.9 Å². The van der Waals surface area contributed by atoms with Crippen LogP contribution in [0.2, 0.25) is 0 Å². The summed E-state index contributed by atoms with van der Waals surface area (Å²) in [7, 11) is 1.64. The molecule has 19 heavy (non-hydrogen) atoms. The Labute approximate surface area is 122 Å². The van der Waals surface area contributed by atoms with Crippen molar-refractivity contribution >= 4 is 37.5 Å². The fraction of sp³-hybridized carbons (Fsp3) is 0.0714. The zero-order valence-electron chi connectivity index (χ0n) is 10.1. The Kier molecular flexibility index (Phi) is 3.16. The zero-order chi connectivity index (χ0) is 13.4. The average molecular weight is 336 g/mol. The largest absolute Gasteiger partial charge is 0.507 e. The summed E-state index contributed by atoms with van der Waals surface area (Å²) < 4.78 is 7.15. The minimum atomic E-state index is 0.231. The van der Waals surface area contributed by atoms with Gasteiger partial charge >= 0.3 is 0 Å². The van der Waals surface area contributed by atoms with Crippen LogP contribution in [0.25, 0.3) is 20.8 Å². The highest BCUT2D eigenvalue weighted by molar-refractivity contribution is 9.10. The number of methoxy groups -OCH3 is 1. The molecule has 0 saturated carbocycles. The van der Waals surface area contributed by atoms with Crippen molar-refractivity contribution < 1.29 is 9.84 Å². The van der Waals surface area contributed by atoms with Gasteiger partial charge < -0.3 is 9.84 Å². The normalized spacial score (nSPS) is 10.8. The van der Waals surface area contributed by atoms with Crippen LogP contribution in [-0.2, 0) is 0 Å². The molecule has 3 aromatic rings. The number of rotatable bonds is 2. The number of halogens is 1. The molecule has 3 nitrogen and oxygen atoms in total. The highest BCUT2D eigenvalue weighted by Crippen LogP contribution is 2.37. The van der Waals surface area contributed by atoms with E-state index in [4.69, 9.17) is 4.74 Å². The van der Waals surface area contributed by atoms with Gasteiger partial charge in [0.25, 0.3) is 0 Å². The third-order valence-electron chi connectivity index (χ3n) is 2.78. The van der Waals surface area contributed by atoms with E-state index in [-0.39, 0.29) is 5.75 Å². The number of hydrogen-bond donors (Lipinski definition) is 1. The van der Waals surface area contributed by atoms with Gasteiger partial charge in [-0.05, 0) is 36.4 Å². The van der Waals surface area contributed by atoms with E-state index in [1.54, 1.807) is 19.2 Å². The van der Waals surface area contributed by atoms with Crippen molar-refractivity contribution in [2.45, 2.75) is 0 Å². The van der Waals surface area contributed by atoms with Gasteiger partial charge in [-0.1, -0.05) is 15.9 Å². The molecule has 96 valence electrons. The summed E-state index contributed by atoms with van der Waals surface area (Å²) in [4.78, 5) is 4.54. The molecule has 0 radical (unpaired) electrons. The van der Waals surface area contributed by atoms with Crippen molar-refractivity contribution in [2.24, 2.45) is 0 Å². The number of hydrogen-bond acceptors (Lipinski definition) is 4. The minimum Gasteiger partial charge on any atom is -0.507 e. The maximum Gasteiger partial charge on any atom is 0.128 e. The number of phenols is 1. The highest BCUT2D eigenvalue weighted by Gasteiger charge is 2.11. The van der Waals surface area contributed by atoms with Gasteiger partial charge in [-0.15, -0.1) is 11.3 Å². The van der Waals surface area contributed by atoms with Gasteiger partial charge in [-0.2, -0.15) is 0 Å². The van der Waals surface area contributed by atoms with Crippen molar-refractivity contribution in [1.29, 1.82) is 0 Å². The monoisotopic (exact) mass is 335 g/mol. The van der Waals surface area contributed by atoms with Crippen molar-refractivity contribution in [3.63, 3.8) is 0 Å². The molecule has 0 aliphatic heterocycles. The van der Waals surface area contributed by atoms with Crippen LogP contribution in [0.1, 0.15) is 0 Å². The summed E-state index contributed by atoms with van der Waals surface area (Å²) in [5, 5.41) is 10.7. The third kappa shape index (κ3) is 2.31. The van der Waals surface area contributed by atoms with Crippen LogP contribution in [0.4, 0.5) is 0 Å². The summed E-state index contributed by atoms with van der Waals surface area (Å²) in [6, 6.07) is 11.1. The Balaban J connectivity index is 2.17. The molecule has 5 heteroatoms. The summed E-state index contributed by atoms with van der Waals surface area (Å²) >= 11 is 4.94. The number of benzene rings is 2. The molecule has 0 spiro atoms. The number of phenolic OH excluding ortho intramolecular Hbond substituents is 1. The average Bonchev–Trinajstić information content (AvgIpc) is 2.83. The van der Waals surface area contributed by atoms with Crippen LogP contribution in [0, 0.1) is 0 Å². The lowest BCUT2D eigenvalue weighted by Crippen LogP contribution is -1.80. The van der Waals surface area contributed by atoms with E-state index in [9.17, 15) is 5.11 Å². The van der Waals surface area contributed by atoms with Crippen molar-refractivity contribution in [1.82, 2.24) is 4.98 Å². The first-order valence-electron chi connectivity index (χ1n) is 5.61. The number of fused-ring (bicyclic) bond motifs is 1. The number of ether oxygens (including phenoxy) is 1. The van der Waals surface area contributed by atoms with Crippen LogP contribution in [0.5, 0.6) is 11.5 Å². The third-order valence-corrected chi connectivity index (χ3v) is 4.33. The Hall–Kier alpha value is -1.59. The molecule has 0 aliphatic carbocycles. The fourth-order valence-corrected chi connectivity index (χ4v) is 3.21. The number of aromatic nitrogens is 1. The van der Waals surface area contributed by atoms with Gasteiger partial charge in [0.2, 0.25) is 0 Å². The SMILES string of the molecule is COc1ccc2nc(-c3cc(Br)ccc3O)sc2c1. The molecular formula is C14H10BrNO2S. The molecular weight excluding hydrogens is 326 g/mol. The van der Waals surface area contributed by atoms with Crippen LogP contribution < -0.4 is 4.74 Å². The van der Waals surface area contributed by atoms with E-state index < -0.39 is 0 Å². The molecule has 0 fully saturated rings. The summed E-state index contributed by atoms with van der Waals surface area (Å²) in [6.45, 7) is 0. The maximum absolute atomic E-state index is 9.94. The first-order chi connectivity index (χ1) is 9.17. The second-order valence-electron chi connectivity index (χ2n) is 4.01. The van der Waals surface area contributed by atoms with Crippen LogP contribution in [-0.4, -0.2) is 17.2 Å². The highest BCUT2D eigenvalue weighted by atomic mass is 79.9. The van der Waals surface area contributed by atoms with E-state index in [1.807, 2.05) is 24.3 Å². The van der Waals surface area contributed by atoms with E-state index in [1.165, 1.54) is 11.3 Å². The summed E-state index contributed by atoms with van der Waals surface area (Å²) in [5.41, 5.74) is 1.63. The van der Waals surface area contributed by atoms with Gasteiger partial charge in [0, 0.05) is 4.47 Å². The standard InChI is InChI=1S/C14H10BrNO2S/c1-18-9-3-4-11-13(7-9)19-14(16-11)10-6-8(15)2-5-12(10)17/h2-7,17H,1H3. The quantitative estimate of drug-likeness (QED) is 0.752.